The number of fused-ring (bicyclic) bond motifs is 1. The molecule has 2 aromatic rings. The van der Waals surface area contributed by atoms with Crippen LogP contribution < -0.4 is 0 Å². The lowest BCUT2D eigenvalue weighted by Gasteiger charge is -2.12. The third-order valence-corrected chi connectivity index (χ3v) is 3.48. The maximum absolute atomic E-state index is 12.5. The molecule has 0 aliphatic carbocycles. The Morgan fingerprint density at radius 1 is 1.33 bits per heavy atom. The summed E-state index contributed by atoms with van der Waals surface area (Å²) >= 11 is 6.07. The quantitative estimate of drug-likeness (QED) is 0.781. The average Bonchev–Trinajstić information content (AvgIpc) is 2.86. The van der Waals surface area contributed by atoms with Crippen LogP contribution in [0.3, 0.4) is 0 Å². The van der Waals surface area contributed by atoms with Gasteiger partial charge in [0.2, 0.25) is 0 Å². The standard InChI is InChI=1S/C13H18ClF3N4/c1-4-5-9-10-12(20(3)19-9)21(7-6-13(15,16)17)11(18-10)8(2)14/h8H,4-7H2,1-3H3. The van der Waals surface area contributed by atoms with Gasteiger partial charge in [-0.15, -0.1) is 11.6 Å². The third kappa shape index (κ3) is 3.33. The van der Waals surface area contributed by atoms with Gasteiger partial charge < -0.3 is 4.57 Å². The number of hydrogen-bond acceptors (Lipinski definition) is 2. The summed E-state index contributed by atoms with van der Waals surface area (Å²) in [5, 5.41) is 3.90. The first kappa shape index (κ1) is 16.1. The van der Waals surface area contributed by atoms with Crippen LogP contribution in [0.5, 0.6) is 0 Å². The number of alkyl halides is 4. The van der Waals surface area contributed by atoms with Crippen LogP contribution in [0.1, 0.15) is 43.6 Å². The van der Waals surface area contributed by atoms with Crippen molar-refractivity contribution in [3.05, 3.63) is 11.5 Å². The molecule has 0 fully saturated rings. The Bertz CT molecular complexity index is 627. The van der Waals surface area contributed by atoms with E-state index in [0.29, 0.717) is 17.0 Å². The first-order chi connectivity index (χ1) is 9.74. The zero-order valence-corrected chi connectivity index (χ0v) is 13.0. The van der Waals surface area contributed by atoms with E-state index < -0.39 is 18.0 Å². The van der Waals surface area contributed by atoms with Gasteiger partial charge in [-0.2, -0.15) is 18.3 Å². The summed E-state index contributed by atoms with van der Waals surface area (Å²) in [5.74, 6) is 0.460. The van der Waals surface area contributed by atoms with Crippen LogP contribution in [0.4, 0.5) is 13.2 Å². The van der Waals surface area contributed by atoms with Crippen LogP contribution in [-0.4, -0.2) is 25.5 Å². The van der Waals surface area contributed by atoms with E-state index in [9.17, 15) is 13.2 Å². The summed E-state index contributed by atoms with van der Waals surface area (Å²) in [4.78, 5) is 4.43. The van der Waals surface area contributed by atoms with E-state index in [0.717, 1.165) is 18.5 Å². The van der Waals surface area contributed by atoms with Gasteiger partial charge in [0.05, 0.1) is 17.5 Å². The number of nitrogens with zero attached hydrogens (tertiary/aromatic N) is 4. The molecule has 2 heterocycles. The Balaban J connectivity index is 2.51. The summed E-state index contributed by atoms with van der Waals surface area (Å²) in [6, 6.07) is 0. The van der Waals surface area contributed by atoms with Crippen molar-refractivity contribution < 1.29 is 13.2 Å². The van der Waals surface area contributed by atoms with E-state index in [1.54, 1.807) is 18.7 Å². The summed E-state index contributed by atoms with van der Waals surface area (Å²) in [6.07, 6.45) is -3.49. The molecule has 0 aromatic carbocycles. The Hall–Kier alpha value is -1.24. The lowest BCUT2D eigenvalue weighted by atomic mass is 10.2. The third-order valence-electron chi connectivity index (χ3n) is 3.28. The number of halogens is 4. The number of hydrogen-bond donors (Lipinski definition) is 0. The summed E-state index contributed by atoms with van der Waals surface area (Å²) in [7, 11) is 1.72. The molecule has 2 aromatic heterocycles. The molecule has 0 radical (unpaired) electrons. The molecule has 0 saturated heterocycles. The highest BCUT2D eigenvalue weighted by Gasteiger charge is 2.29. The molecule has 4 nitrogen and oxygen atoms in total. The Morgan fingerprint density at radius 3 is 2.52 bits per heavy atom. The number of aryl methyl sites for hydroxylation is 3. The second-order valence-electron chi connectivity index (χ2n) is 5.10. The summed E-state index contributed by atoms with van der Waals surface area (Å²) in [6.45, 7) is 3.53. The van der Waals surface area contributed by atoms with Crippen molar-refractivity contribution in [3.63, 3.8) is 0 Å². The smallest absolute Gasteiger partial charge is 0.311 e. The van der Waals surface area contributed by atoms with Gasteiger partial charge >= 0.3 is 6.18 Å². The maximum atomic E-state index is 12.5. The van der Waals surface area contributed by atoms with E-state index in [-0.39, 0.29) is 6.54 Å². The number of imidazole rings is 1. The molecule has 1 unspecified atom stereocenters. The predicted molar refractivity (Wildman–Crippen MR) is 75.4 cm³/mol. The lowest BCUT2D eigenvalue weighted by molar-refractivity contribution is -0.136. The van der Waals surface area contributed by atoms with E-state index in [1.165, 1.54) is 4.57 Å². The first-order valence-corrected chi connectivity index (χ1v) is 7.31. The fourth-order valence-corrected chi connectivity index (χ4v) is 2.59. The van der Waals surface area contributed by atoms with Crippen molar-refractivity contribution in [1.82, 2.24) is 19.3 Å². The summed E-state index contributed by atoms with van der Waals surface area (Å²) < 4.78 is 40.7. The molecule has 0 saturated carbocycles. The largest absolute Gasteiger partial charge is 0.390 e. The highest BCUT2D eigenvalue weighted by atomic mass is 35.5. The topological polar surface area (TPSA) is 35.6 Å². The van der Waals surface area contributed by atoms with E-state index in [1.807, 2.05) is 6.92 Å². The molecule has 8 heteroatoms. The van der Waals surface area contributed by atoms with Gasteiger partial charge in [-0.3, -0.25) is 4.68 Å². The van der Waals surface area contributed by atoms with E-state index >= 15 is 0 Å². The Kier molecular flexibility index (Phi) is 4.51. The van der Waals surface area contributed by atoms with E-state index in [4.69, 9.17) is 11.6 Å². The second-order valence-corrected chi connectivity index (χ2v) is 5.75. The van der Waals surface area contributed by atoms with Crippen LogP contribution in [0.2, 0.25) is 0 Å². The van der Waals surface area contributed by atoms with Crippen LogP contribution in [0.15, 0.2) is 0 Å². The number of aromatic nitrogens is 4. The van der Waals surface area contributed by atoms with Crippen LogP contribution >= 0.6 is 11.6 Å². The molecule has 0 N–H and O–H groups in total. The van der Waals surface area contributed by atoms with Crippen molar-refractivity contribution in [3.8, 4) is 0 Å². The van der Waals surface area contributed by atoms with Crippen molar-refractivity contribution in [2.45, 2.75) is 51.2 Å². The minimum absolute atomic E-state index is 0.197. The van der Waals surface area contributed by atoms with Crippen LogP contribution in [0, 0.1) is 0 Å². The zero-order chi connectivity index (χ0) is 15.8. The molecule has 0 amide bonds. The lowest BCUT2D eigenvalue weighted by Crippen LogP contribution is -2.15. The second kappa shape index (κ2) is 5.87. The molecular weight excluding hydrogens is 305 g/mol. The summed E-state index contributed by atoms with van der Waals surface area (Å²) in [5.41, 5.74) is 2.06. The van der Waals surface area contributed by atoms with Gasteiger partial charge in [0.1, 0.15) is 11.3 Å². The Morgan fingerprint density at radius 2 is 2.00 bits per heavy atom. The molecule has 2 rings (SSSR count). The van der Waals surface area contributed by atoms with Crippen LogP contribution in [-0.2, 0) is 20.0 Å². The monoisotopic (exact) mass is 322 g/mol. The van der Waals surface area contributed by atoms with Crippen LogP contribution in [0.25, 0.3) is 11.2 Å². The molecule has 0 aliphatic rings. The normalized spacial score (nSPS) is 14.0. The molecule has 118 valence electrons. The molecular formula is C13H18ClF3N4. The van der Waals surface area contributed by atoms with Gasteiger partial charge in [0, 0.05) is 13.6 Å². The molecule has 0 aliphatic heterocycles. The molecule has 21 heavy (non-hydrogen) atoms. The van der Waals surface area contributed by atoms with E-state index in [2.05, 4.69) is 10.1 Å². The SMILES string of the molecule is CCCc1nn(C)c2c1nc(C(C)Cl)n2CCC(F)(F)F. The minimum atomic E-state index is -4.21. The fourth-order valence-electron chi connectivity index (χ4n) is 2.43. The first-order valence-electron chi connectivity index (χ1n) is 6.87. The van der Waals surface area contributed by atoms with Gasteiger partial charge in [-0.05, 0) is 13.3 Å². The maximum Gasteiger partial charge on any atom is 0.390 e. The van der Waals surface area contributed by atoms with Gasteiger partial charge in [-0.1, -0.05) is 13.3 Å². The highest BCUT2D eigenvalue weighted by Crippen LogP contribution is 2.29. The molecule has 0 spiro atoms. The average molecular weight is 323 g/mol. The molecule has 1 atom stereocenters. The van der Waals surface area contributed by atoms with Gasteiger partial charge in [-0.25, -0.2) is 4.98 Å². The predicted octanol–water partition coefficient (Wildman–Crippen LogP) is 3.97. The number of rotatable bonds is 5. The van der Waals surface area contributed by atoms with Crippen molar-refractivity contribution in [2.75, 3.05) is 0 Å². The fraction of sp³-hybridized carbons (Fsp3) is 0.692. The van der Waals surface area contributed by atoms with Crippen molar-refractivity contribution in [2.24, 2.45) is 7.05 Å². The van der Waals surface area contributed by atoms with Gasteiger partial charge in [0.15, 0.2) is 5.65 Å². The minimum Gasteiger partial charge on any atom is -0.311 e. The van der Waals surface area contributed by atoms with Crippen molar-refractivity contribution >= 4 is 22.8 Å². The highest BCUT2D eigenvalue weighted by molar-refractivity contribution is 6.20. The van der Waals surface area contributed by atoms with Crippen molar-refractivity contribution in [1.29, 1.82) is 0 Å². The van der Waals surface area contributed by atoms with Gasteiger partial charge in [0.25, 0.3) is 0 Å². The Labute approximate surface area is 125 Å². The zero-order valence-electron chi connectivity index (χ0n) is 12.2. The molecule has 0 bridgehead atoms.